The highest BCUT2D eigenvalue weighted by molar-refractivity contribution is 7.99. The minimum Gasteiger partial charge on any atom is -0.477 e. The van der Waals surface area contributed by atoms with Crippen molar-refractivity contribution in [2.24, 2.45) is 0 Å². The van der Waals surface area contributed by atoms with Crippen LogP contribution in [0.4, 0.5) is 0 Å². The van der Waals surface area contributed by atoms with Crippen LogP contribution in [-0.4, -0.2) is 33.1 Å². The Morgan fingerprint density at radius 1 is 1.04 bits per heavy atom. The highest BCUT2D eigenvalue weighted by atomic mass is 32.2. The molecule has 3 aromatic rings. The molecule has 0 bridgehead atoms. The maximum Gasteiger partial charge on any atom is 0.344 e. The molecule has 0 aliphatic rings. The maximum atomic E-state index is 13.2. The van der Waals surface area contributed by atoms with Gasteiger partial charge in [0.05, 0.1) is 5.69 Å². The average Bonchev–Trinajstić information content (AvgIpc) is 2.67. The Balaban J connectivity index is 2.44. The third kappa shape index (κ3) is 3.65. The fraction of sp³-hybridized carbons (Fsp3) is 0.150. The van der Waals surface area contributed by atoms with E-state index in [4.69, 9.17) is 0 Å². The van der Waals surface area contributed by atoms with Crippen molar-refractivity contribution in [1.82, 2.24) is 9.55 Å². The van der Waals surface area contributed by atoms with E-state index >= 15 is 0 Å². The van der Waals surface area contributed by atoms with Gasteiger partial charge in [-0.3, -0.25) is 9.36 Å². The van der Waals surface area contributed by atoms with Crippen LogP contribution in [0, 0.1) is 6.92 Å². The van der Waals surface area contributed by atoms with E-state index in [1.165, 1.54) is 4.57 Å². The number of benzene rings is 2. The van der Waals surface area contributed by atoms with Crippen molar-refractivity contribution in [3.8, 4) is 17.1 Å². The minimum absolute atomic E-state index is 0.210. The van der Waals surface area contributed by atoms with Crippen molar-refractivity contribution in [3.05, 3.63) is 70.0 Å². The molecular formula is C20H18N2O3S2. The lowest BCUT2D eigenvalue weighted by molar-refractivity contribution is 0.0689. The Labute approximate surface area is 165 Å². The van der Waals surface area contributed by atoms with E-state index in [0.29, 0.717) is 11.5 Å². The van der Waals surface area contributed by atoms with Crippen LogP contribution in [0.5, 0.6) is 0 Å². The predicted molar refractivity (Wildman–Crippen MR) is 111 cm³/mol. The summed E-state index contributed by atoms with van der Waals surface area (Å²) >= 11 is 2.70. The zero-order valence-electron chi connectivity index (χ0n) is 15.1. The molecule has 3 rings (SSSR count). The molecule has 1 heterocycles. The van der Waals surface area contributed by atoms with Crippen LogP contribution in [0.25, 0.3) is 17.1 Å². The second kappa shape index (κ2) is 8.02. The molecule has 0 aliphatic heterocycles. The number of carbonyl (C=O) groups is 1. The summed E-state index contributed by atoms with van der Waals surface area (Å²) in [5.74, 6) is -0.842. The summed E-state index contributed by atoms with van der Waals surface area (Å²) in [6.45, 7) is 1.95. The summed E-state index contributed by atoms with van der Waals surface area (Å²) in [7, 11) is 0. The first-order valence-corrected chi connectivity index (χ1v) is 10.6. The zero-order valence-corrected chi connectivity index (χ0v) is 16.7. The van der Waals surface area contributed by atoms with E-state index in [2.05, 4.69) is 4.98 Å². The lowest BCUT2D eigenvalue weighted by atomic mass is 10.1. The molecule has 0 atom stereocenters. The highest BCUT2D eigenvalue weighted by Crippen LogP contribution is 2.31. The third-order valence-electron chi connectivity index (χ3n) is 4.10. The lowest BCUT2D eigenvalue weighted by Crippen LogP contribution is -2.29. The molecule has 27 heavy (non-hydrogen) atoms. The molecule has 138 valence electrons. The number of aromatic nitrogens is 2. The van der Waals surface area contributed by atoms with Crippen molar-refractivity contribution in [3.63, 3.8) is 0 Å². The number of rotatable bonds is 5. The van der Waals surface area contributed by atoms with Crippen molar-refractivity contribution in [2.45, 2.75) is 16.8 Å². The molecule has 7 heteroatoms. The summed E-state index contributed by atoms with van der Waals surface area (Å²) in [6, 6.07) is 15.0. The Morgan fingerprint density at radius 2 is 1.70 bits per heavy atom. The van der Waals surface area contributed by atoms with Crippen LogP contribution in [0.2, 0.25) is 0 Å². The Kier molecular flexibility index (Phi) is 5.72. The van der Waals surface area contributed by atoms with E-state index in [0.717, 1.165) is 27.8 Å². The summed E-state index contributed by atoms with van der Waals surface area (Å²) in [4.78, 5) is 30.5. The van der Waals surface area contributed by atoms with Crippen LogP contribution >= 0.6 is 23.5 Å². The van der Waals surface area contributed by atoms with Gasteiger partial charge in [-0.1, -0.05) is 35.9 Å². The molecule has 0 fully saturated rings. The maximum absolute atomic E-state index is 13.2. The lowest BCUT2D eigenvalue weighted by Gasteiger charge is -2.17. The zero-order chi connectivity index (χ0) is 19.6. The van der Waals surface area contributed by atoms with Crippen LogP contribution in [0.1, 0.15) is 15.9 Å². The Hall–Kier alpha value is -2.51. The molecule has 0 unspecified atom stereocenters. The topological polar surface area (TPSA) is 72.2 Å². The quantitative estimate of drug-likeness (QED) is 0.509. The van der Waals surface area contributed by atoms with Crippen LogP contribution in [0.3, 0.4) is 0 Å². The molecular weight excluding hydrogens is 380 g/mol. The summed E-state index contributed by atoms with van der Waals surface area (Å²) in [5.41, 5.74) is 1.52. The standard InChI is InChI=1S/C20H18N2O3S2/c1-12-8-10-13(11-9-12)22-17(14-6-4-5-7-15(14)26-2)21-18(27-3)16(19(22)23)20(24)25/h4-11H,1-3H3,(H,24,25). The summed E-state index contributed by atoms with van der Waals surface area (Å²) < 4.78 is 1.39. The number of carboxylic acid groups (broad SMARTS) is 1. The first-order valence-electron chi connectivity index (χ1n) is 8.12. The van der Waals surface area contributed by atoms with Gasteiger partial charge in [0.2, 0.25) is 0 Å². The second-order valence-electron chi connectivity index (χ2n) is 5.80. The van der Waals surface area contributed by atoms with Crippen LogP contribution in [-0.2, 0) is 0 Å². The average molecular weight is 399 g/mol. The van der Waals surface area contributed by atoms with E-state index in [1.54, 1.807) is 30.2 Å². The van der Waals surface area contributed by atoms with Gasteiger partial charge in [0.1, 0.15) is 10.9 Å². The van der Waals surface area contributed by atoms with Gasteiger partial charge in [-0.05, 0) is 37.6 Å². The SMILES string of the molecule is CSc1ccccc1-c1nc(SC)c(C(=O)O)c(=O)n1-c1ccc(C)cc1. The summed E-state index contributed by atoms with van der Waals surface area (Å²) in [5, 5.41) is 9.79. The van der Waals surface area contributed by atoms with Gasteiger partial charge in [0, 0.05) is 10.5 Å². The van der Waals surface area contributed by atoms with E-state index in [9.17, 15) is 14.7 Å². The van der Waals surface area contributed by atoms with Gasteiger partial charge in [0.25, 0.3) is 5.56 Å². The second-order valence-corrected chi connectivity index (χ2v) is 7.44. The van der Waals surface area contributed by atoms with Crippen molar-refractivity contribution < 1.29 is 9.90 Å². The van der Waals surface area contributed by atoms with Crippen molar-refractivity contribution in [1.29, 1.82) is 0 Å². The first kappa shape index (κ1) is 19.3. The number of hydrogen-bond donors (Lipinski definition) is 1. The van der Waals surface area contributed by atoms with Crippen LogP contribution in [0.15, 0.2) is 63.2 Å². The number of hydrogen-bond acceptors (Lipinski definition) is 5. The Bertz CT molecular complexity index is 1060. The van der Waals surface area contributed by atoms with Gasteiger partial charge in [-0.25, -0.2) is 9.78 Å². The number of aromatic carboxylic acids is 1. The molecule has 2 aromatic carbocycles. The highest BCUT2D eigenvalue weighted by Gasteiger charge is 2.24. The van der Waals surface area contributed by atoms with E-state index in [1.807, 2.05) is 49.6 Å². The molecule has 0 spiro atoms. The largest absolute Gasteiger partial charge is 0.477 e. The molecule has 5 nitrogen and oxygen atoms in total. The van der Waals surface area contributed by atoms with Gasteiger partial charge in [-0.15, -0.1) is 23.5 Å². The van der Waals surface area contributed by atoms with Crippen molar-refractivity contribution >= 4 is 29.5 Å². The van der Waals surface area contributed by atoms with Gasteiger partial charge in [-0.2, -0.15) is 0 Å². The van der Waals surface area contributed by atoms with Gasteiger partial charge >= 0.3 is 5.97 Å². The number of nitrogens with zero attached hydrogens (tertiary/aromatic N) is 2. The smallest absolute Gasteiger partial charge is 0.344 e. The third-order valence-corrected chi connectivity index (χ3v) is 5.58. The summed E-state index contributed by atoms with van der Waals surface area (Å²) in [6.07, 6.45) is 3.67. The minimum atomic E-state index is -1.28. The molecule has 0 aliphatic carbocycles. The molecule has 0 amide bonds. The predicted octanol–water partition coefficient (Wildman–Crippen LogP) is 4.35. The van der Waals surface area contributed by atoms with Gasteiger partial charge in [0.15, 0.2) is 5.56 Å². The van der Waals surface area contributed by atoms with E-state index < -0.39 is 11.5 Å². The number of aryl methyl sites for hydroxylation is 1. The molecule has 0 radical (unpaired) electrons. The first-order chi connectivity index (χ1) is 13.0. The van der Waals surface area contributed by atoms with Gasteiger partial charge < -0.3 is 5.11 Å². The molecule has 1 N–H and O–H groups in total. The molecule has 0 saturated heterocycles. The Morgan fingerprint density at radius 3 is 2.30 bits per heavy atom. The number of thioether (sulfide) groups is 2. The van der Waals surface area contributed by atoms with E-state index in [-0.39, 0.29) is 10.6 Å². The monoisotopic (exact) mass is 398 g/mol. The van der Waals surface area contributed by atoms with Crippen LogP contribution < -0.4 is 5.56 Å². The normalized spacial score (nSPS) is 10.8. The number of carboxylic acids is 1. The molecule has 1 aromatic heterocycles. The molecule has 0 saturated carbocycles. The fourth-order valence-electron chi connectivity index (χ4n) is 2.78. The fourth-order valence-corrected chi connectivity index (χ4v) is 3.93. The van der Waals surface area contributed by atoms with Crippen molar-refractivity contribution in [2.75, 3.05) is 12.5 Å².